The van der Waals surface area contributed by atoms with Crippen molar-refractivity contribution in [2.24, 2.45) is 5.92 Å². The van der Waals surface area contributed by atoms with Crippen molar-refractivity contribution < 1.29 is 9.13 Å². The van der Waals surface area contributed by atoms with Crippen LogP contribution in [0.15, 0.2) is 18.2 Å². The fraction of sp³-hybridized carbons (Fsp3) is 0.571. The van der Waals surface area contributed by atoms with E-state index in [1.165, 1.54) is 0 Å². The third-order valence-corrected chi connectivity index (χ3v) is 2.66. The Morgan fingerprint density at radius 2 is 2.17 bits per heavy atom. The van der Waals surface area contributed by atoms with Crippen LogP contribution < -0.4 is 10.1 Å². The first kappa shape index (κ1) is 15.3. The van der Waals surface area contributed by atoms with Gasteiger partial charge in [0.2, 0.25) is 0 Å². The second kappa shape index (κ2) is 8.33. The van der Waals surface area contributed by atoms with Crippen molar-refractivity contribution in [1.29, 1.82) is 0 Å². The Bertz CT molecular complexity index is 358. The summed E-state index contributed by atoms with van der Waals surface area (Å²) in [7, 11) is 0. The van der Waals surface area contributed by atoms with Crippen molar-refractivity contribution >= 4 is 11.6 Å². The number of nitrogens with one attached hydrogen (secondary N) is 1. The van der Waals surface area contributed by atoms with Crippen molar-refractivity contribution in [3.05, 3.63) is 28.8 Å². The summed E-state index contributed by atoms with van der Waals surface area (Å²) in [6, 6.07) is 5.52. The minimum atomic E-state index is -0.353. The first-order valence-electron chi connectivity index (χ1n) is 6.31. The van der Waals surface area contributed by atoms with Gasteiger partial charge in [0.05, 0.1) is 13.3 Å². The van der Waals surface area contributed by atoms with Crippen LogP contribution in [0.4, 0.5) is 4.39 Å². The molecule has 0 heterocycles. The third kappa shape index (κ3) is 5.69. The number of halogens is 2. The summed E-state index contributed by atoms with van der Waals surface area (Å²) in [6.45, 7) is 6.01. The molecule has 0 fully saturated rings. The van der Waals surface area contributed by atoms with Gasteiger partial charge in [0.25, 0.3) is 0 Å². The molecular formula is C14H21ClFNO. The molecular weight excluding hydrogens is 253 g/mol. The van der Waals surface area contributed by atoms with E-state index in [0.717, 1.165) is 17.9 Å². The van der Waals surface area contributed by atoms with E-state index in [9.17, 15) is 4.39 Å². The smallest absolute Gasteiger partial charge is 0.123 e. The molecule has 0 amide bonds. The van der Waals surface area contributed by atoms with Crippen LogP contribution in [0.3, 0.4) is 0 Å². The van der Waals surface area contributed by atoms with Crippen LogP contribution in [0.5, 0.6) is 5.75 Å². The Morgan fingerprint density at radius 1 is 1.39 bits per heavy atom. The molecule has 2 nitrogen and oxygen atoms in total. The predicted octanol–water partition coefficient (Wildman–Crippen LogP) is 3.82. The van der Waals surface area contributed by atoms with Crippen LogP contribution in [-0.4, -0.2) is 19.8 Å². The monoisotopic (exact) mass is 273 g/mol. The molecule has 4 heteroatoms. The zero-order valence-corrected chi connectivity index (χ0v) is 11.8. The summed E-state index contributed by atoms with van der Waals surface area (Å²) in [4.78, 5) is 0. The zero-order valence-electron chi connectivity index (χ0n) is 11.0. The topological polar surface area (TPSA) is 21.3 Å². The van der Waals surface area contributed by atoms with E-state index in [-0.39, 0.29) is 6.67 Å². The molecule has 102 valence electrons. The van der Waals surface area contributed by atoms with Crippen molar-refractivity contribution in [2.45, 2.75) is 26.8 Å². The number of hydrogen-bond acceptors (Lipinski definition) is 2. The molecule has 0 spiro atoms. The van der Waals surface area contributed by atoms with Gasteiger partial charge in [-0.3, -0.25) is 4.39 Å². The fourth-order valence-corrected chi connectivity index (χ4v) is 1.75. The highest BCUT2D eigenvalue weighted by molar-refractivity contribution is 6.30. The molecule has 0 aliphatic heterocycles. The molecule has 1 rings (SSSR count). The molecule has 1 N–H and O–H groups in total. The normalized spacial score (nSPS) is 10.9. The lowest BCUT2D eigenvalue weighted by Gasteiger charge is -2.13. The molecule has 0 aromatic heterocycles. The van der Waals surface area contributed by atoms with Crippen LogP contribution in [0.25, 0.3) is 0 Å². The number of alkyl halides is 1. The number of benzene rings is 1. The summed E-state index contributed by atoms with van der Waals surface area (Å²) in [5.74, 6) is 1.38. The van der Waals surface area contributed by atoms with Gasteiger partial charge >= 0.3 is 0 Å². The van der Waals surface area contributed by atoms with E-state index in [1.807, 2.05) is 12.1 Å². The lowest BCUT2D eigenvalue weighted by molar-refractivity contribution is 0.286. The standard InChI is InChI=1S/C14H21ClFNO/c1-11(2)9-17-10-12-8-13(15)4-5-14(12)18-7-3-6-16/h4-5,8,11,17H,3,6-7,9-10H2,1-2H3. The van der Waals surface area contributed by atoms with Gasteiger partial charge in [0.15, 0.2) is 0 Å². The molecule has 0 aliphatic rings. The molecule has 1 aromatic rings. The predicted molar refractivity (Wildman–Crippen MR) is 74.1 cm³/mol. The summed E-state index contributed by atoms with van der Waals surface area (Å²) in [6.07, 6.45) is 0.418. The van der Waals surface area contributed by atoms with Gasteiger partial charge in [-0.25, -0.2) is 0 Å². The highest BCUT2D eigenvalue weighted by atomic mass is 35.5. The summed E-state index contributed by atoms with van der Waals surface area (Å²) < 4.78 is 17.6. The summed E-state index contributed by atoms with van der Waals surface area (Å²) >= 11 is 5.98. The van der Waals surface area contributed by atoms with Gasteiger partial charge in [-0.2, -0.15) is 0 Å². The van der Waals surface area contributed by atoms with Gasteiger partial charge in [-0.1, -0.05) is 25.4 Å². The lowest BCUT2D eigenvalue weighted by Crippen LogP contribution is -2.19. The number of ether oxygens (including phenoxy) is 1. The molecule has 0 atom stereocenters. The molecule has 1 aromatic carbocycles. The summed E-state index contributed by atoms with van der Waals surface area (Å²) in [5.41, 5.74) is 1.02. The average molecular weight is 274 g/mol. The Kier molecular flexibility index (Phi) is 7.06. The molecule has 0 bridgehead atoms. The van der Waals surface area contributed by atoms with Crippen molar-refractivity contribution in [3.63, 3.8) is 0 Å². The maximum Gasteiger partial charge on any atom is 0.123 e. The molecule has 0 radical (unpaired) electrons. The Balaban J connectivity index is 2.58. The van der Waals surface area contributed by atoms with Crippen molar-refractivity contribution in [3.8, 4) is 5.75 Å². The van der Waals surface area contributed by atoms with Gasteiger partial charge < -0.3 is 10.1 Å². The number of rotatable bonds is 8. The van der Waals surface area contributed by atoms with Crippen molar-refractivity contribution in [1.82, 2.24) is 5.32 Å². The maximum atomic E-state index is 12.0. The molecule has 0 aliphatic carbocycles. The minimum Gasteiger partial charge on any atom is -0.493 e. The van der Waals surface area contributed by atoms with E-state index in [0.29, 0.717) is 30.5 Å². The third-order valence-electron chi connectivity index (χ3n) is 2.43. The van der Waals surface area contributed by atoms with Crippen LogP contribution in [-0.2, 0) is 6.54 Å². The van der Waals surface area contributed by atoms with Gasteiger partial charge in [0.1, 0.15) is 5.75 Å². The van der Waals surface area contributed by atoms with E-state index < -0.39 is 0 Å². The average Bonchev–Trinajstić information content (AvgIpc) is 2.31. The molecule has 0 unspecified atom stereocenters. The summed E-state index contributed by atoms with van der Waals surface area (Å²) in [5, 5.41) is 4.04. The highest BCUT2D eigenvalue weighted by Crippen LogP contribution is 2.23. The van der Waals surface area contributed by atoms with Crippen LogP contribution in [0, 0.1) is 5.92 Å². The molecule has 0 saturated heterocycles. The highest BCUT2D eigenvalue weighted by Gasteiger charge is 2.05. The van der Waals surface area contributed by atoms with Crippen molar-refractivity contribution in [2.75, 3.05) is 19.8 Å². The van der Waals surface area contributed by atoms with E-state index in [2.05, 4.69) is 19.2 Å². The van der Waals surface area contributed by atoms with E-state index >= 15 is 0 Å². The first-order valence-corrected chi connectivity index (χ1v) is 6.69. The van der Waals surface area contributed by atoms with Gasteiger partial charge in [-0.15, -0.1) is 0 Å². The SMILES string of the molecule is CC(C)CNCc1cc(Cl)ccc1OCCCF. The second-order valence-electron chi connectivity index (χ2n) is 4.67. The van der Waals surface area contributed by atoms with E-state index in [4.69, 9.17) is 16.3 Å². The van der Waals surface area contributed by atoms with E-state index in [1.54, 1.807) is 6.07 Å². The van der Waals surface area contributed by atoms with Gasteiger partial charge in [-0.05, 0) is 30.7 Å². The van der Waals surface area contributed by atoms with Gasteiger partial charge in [0, 0.05) is 23.6 Å². The molecule has 18 heavy (non-hydrogen) atoms. The quantitative estimate of drug-likeness (QED) is 0.727. The Labute approximate surface area is 113 Å². The fourth-order valence-electron chi connectivity index (χ4n) is 1.56. The second-order valence-corrected chi connectivity index (χ2v) is 5.10. The van der Waals surface area contributed by atoms with Crippen LogP contribution in [0.1, 0.15) is 25.8 Å². The Hall–Kier alpha value is -0.800. The number of hydrogen-bond donors (Lipinski definition) is 1. The van der Waals surface area contributed by atoms with Crippen LogP contribution in [0.2, 0.25) is 5.02 Å². The Morgan fingerprint density at radius 3 is 2.83 bits per heavy atom. The zero-order chi connectivity index (χ0) is 13.4. The van der Waals surface area contributed by atoms with Crippen LogP contribution >= 0.6 is 11.6 Å². The minimum absolute atomic E-state index is 0.353. The largest absolute Gasteiger partial charge is 0.493 e. The first-order chi connectivity index (χ1) is 8.63. The molecule has 0 saturated carbocycles. The maximum absolute atomic E-state index is 12.0. The lowest BCUT2D eigenvalue weighted by atomic mass is 10.2.